The van der Waals surface area contributed by atoms with Crippen molar-refractivity contribution >= 4 is 23.1 Å². The molecular formula is C7H9ClN4O. The van der Waals surface area contributed by atoms with Crippen molar-refractivity contribution in [2.45, 2.75) is 0 Å². The molecule has 0 fully saturated rings. The van der Waals surface area contributed by atoms with Gasteiger partial charge in [0, 0.05) is 0 Å². The lowest BCUT2D eigenvalue weighted by Crippen LogP contribution is -2.19. The summed E-state index contributed by atoms with van der Waals surface area (Å²) in [7, 11) is 0. The van der Waals surface area contributed by atoms with Gasteiger partial charge in [-0.15, -0.1) is 6.58 Å². The molecule has 0 aliphatic carbocycles. The maximum atomic E-state index is 9.35. The highest BCUT2D eigenvalue weighted by Crippen LogP contribution is 2.19. The lowest BCUT2D eigenvalue weighted by Gasteiger charge is -2.15. The van der Waals surface area contributed by atoms with E-state index in [1.54, 1.807) is 0 Å². The van der Waals surface area contributed by atoms with Crippen LogP contribution in [-0.2, 0) is 0 Å². The van der Waals surface area contributed by atoms with Crippen LogP contribution in [-0.4, -0.2) is 21.7 Å². The molecule has 0 atom stereocenters. The molecule has 0 aliphatic rings. The van der Waals surface area contributed by atoms with E-state index in [0.717, 1.165) is 5.06 Å². The van der Waals surface area contributed by atoms with E-state index in [1.165, 1.54) is 12.3 Å². The first-order valence-electron chi connectivity index (χ1n) is 3.50. The van der Waals surface area contributed by atoms with Gasteiger partial charge in [0.25, 0.3) is 0 Å². The predicted octanol–water partition coefficient (Wildman–Crippen LogP) is 1.09. The topological polar surface area (TPSA) is 75.3 Å². The molecule has 13 heavy (non-hydrogen) atoms. The average Bonchev–Trinajstić information content (AvgIpc) is 2.04. The summed E-state index contributed by atoms with van der Waals surface area (Å²) < 4.78 is 0. The number of anilines is 2. The molecule has 1 aromatic heterocycles. The SMILES string of the molecule is C=CCN(O)c1cnc(Cl)nc1N. The van der Waals surface area contributed by atoms with Crippen molar-refractivity contribution in [2.75, 3.05) is 17.3 Å². The summed E-state index contributed by atoms with van der Waals surface area (Å²) >= 11 is 5.48. The predicted molar refractivity (Wildman–Crippen MR) is 50.8 cm³/mol. The summed E-state index contributed by atoms with van der Waals surface area (Å²) in [5.74, 6) is 0.129. The van der Waals surface area contributed by atoms with E-state index in [0.29, 0.717) is 5.69 Å². The Morgan fingerprint density at radius 3 is 3.00 bits per heavy atom. The first-order chi connectivity index (χ1) is 6.15. The molecule has 0 spiro atoms. The van der Waals surface area contributed by atoms with E-state index in [4.69, 9.17) is 17.3 Å². The molecule has 0 saturated heterocycles. The summed E-state index contributed by atoms with van der Waals surface area (Å²) in [6.45, 7) is 3.71. The van der Waals surface area contributed by atoms with Crippen LogP contribution in [0.3, 0.4) is 0 Å². The zero-order chi connectivity index (χ0) is 9.84. The van der Waals surface area contributed by atoms with E-state index in [1.807, 2.05) is 0 Å². The number of aromatic nitrogens is 2. The summed E-state index contributed by atoms with van der Waals surface area (Å²) in [6, 6.07) is 0. The molecule has 0 bridgehead atoms. The van der Waals surface area contributed by atoms with E-state index in [-0.39, 0.29) is 17.6 Å². The number of rotatable bonds is 3. The van der Waals surface area contributed by atoms with Gasteiger partial charge in [-0.05, 0) is 11.6 Å². The van der Waals surface area contributed by atoms with Crippen LogP contribution in [0, 0.1) is 0 Å². The fraction of sp³-hybridized carbons (Fsp3) is 0.143. The number of hydrogen-bond donors (Lipinski definition) is 2. The van der Waals surface area contributed by atoms with Crippen molar-refractivity contribution in [3.8, 4) is 0 Å². The molecule has 0 saturated carbocycles. The number of nitrogens with zero attached hydrogens (tertiary/aromatic N) is 3. The lowest BCUT2D eigenvalue weighted by molar-refractivity contribution is 0.266. The van der Waals surface area contributed by atoms with E-state index in [2.05, 4.69) is 16.5 Å². The Bertz CT molecular complexity index is 317. The van der Waals surface area contributed by atoms with Crippen LogP contribution < -0.4 is 10.8 Å². The normalized spacial score (nSPS) is 9.69. The maximum Gasteiger partial charge on any atom is 0.224 e. The van der Waals surface area contributed by atoms with Crippen molar-refractivity contribution < 1.29 is 5.21 Å². The average molecular weight is 201 g/mol. The number of halogens is 1. The van der Waals surface area contributed by atoms with Gasteiger partial charge in [0.2, 0.25) is 5.28 Å². The Hall–Kier alpha value is -1.33. The number of hydroxylamine groups is 1. The maximum absolute atomic E-state index is 9.35. The standard InChI is InChI=1S/C7H9ClN4O/c1-2-3-12(13)5-4-10-7(8)11-6(5)9/h2,4,13H,1,3H2,(H2,9,10,11). The first-order valence-corrected chi connectivity index (χ1v) is 3.88. The third-order valence-electron chi connectivity index (χ3n) is 1.35. The second-order valence-corrected chi connectivity index (χ2v) is 2.62. The second-order valence-electron chi connectivity index (χ2n) is 2.28. The fourth-order valence-electron chi connectivity index (χ4n) is 0.786. The van der Waals surface area contributed by atoms with Gasteiger partial charge < -0.3 is 5.73 Å². The third-order valence-corrected chi connectivity index (χ3v) is 1.53. The van der Waals surface area contributed by atoms with E-state index < -0.39 is 0 Å². The highest BCUT2D eigenvalue weighted by Gasteiger charge is 2.07. The van der Waals surface area contributed by atoms with Gasteiger partial charge in [-0.25, -0.2) is 10.0 Å². The van der Waals surface area contributed by atoms with Crippen LogP contribution in [0.25, 0.3) is 0 Å². The Morgan fingerprint density at radius 2 is 2.46 bits per heavy atom. The molecule has 5 nitrogen and oxygen atoms in total. The van der Waals surface area contributed by atoms with Gasteiger partial charge in [-0.1, -0.05) is 6.08 Å². The first kappa shape index (κ1) is 9.76. The minimum Gasteiger partial charge on any atom is -0.382 e. The van der Waals surface area contributed by atoms with Gasteiger partial charge in [0.1, 0.15) is 5.69 Å². The quantitative estimate of drug-likeness (QED) is 0.434. The van der Waals surface area contributed by atoms with Gasteiger partial charge >= 0.3 is 0 Å². The number of nitrogens with two attached hydrogens (primary N) is 1. The van der Waals surface area contributed by atoms with Crippen molar-refractivity contribution in [3.63, 3.8) is 0 Å². The second kappa shape index (κ2) is 4.06. The molecule has 0 aliphatic heterocycles. The van der Waals surface area contributed by atoms with Gasteiger partial charge in [-0.2, -0.15) is 4.98 Å². The van der Waals surface area contributed by atoms with Crippen molar-refractivity contribution in [1.82, 2.24) is 9.97 Å². The zero-order valence-corrected chi connectivity index (χ0v) is 7.57. The van der Waals surface area contributed by atoms with E-state index in [9.17, 15) is 5.21 Å². The molecule has 0 radical (unpaired) electrons. The summed E-state index contributed by atoms with van der Waals surface area (Å²) in [5.41, 5.74) is 5.79. The molecule has 70 valence electrons. The monoisotopic (exact) mass is 200 g/mol. The lowest BCUT2D eigenvalue weighted by atomic mass is 10.4. The summed E-state index contributed by atoms with van der Waals surface area (Å²) in [5, 5.41) is 10.3. The minimum absolute atomic E-state index is 0.0493. The van der Waals surface area contributed by atoms with Crippen molar-refractivity contribution in [2.24, 2.45) is 0 Å². The summed E-state index contributed by atoms with van der Waals surface area (Å²) in [6.07, 6.45) is 2.86. The largest absolute Gasteiger partial charge is 0.382 e. The van der Waals surface area contributed by atoms with Gasteiger partial charge in [0.15, 0.2) is 5.82 Å². The van der Waals surface area contributed by atoms with Crippen molar-refractivity contribution in [1.29, 1.82) is 0 Å². The van der Waals surface area contributed by atoms with Crippen LogP contribution >= 0.6 is 11.6 Å². The molecular weight excluding hydrogens is 192 g/mol. The Balaban J connectivity index is 2.94. The zero-order valence-electron chi connectivity index (χ0n) is 6.81. The Morgan fingerprint density at radius 1 is 1.77 bits per heavy atom. The minimum atomic E-state index is 0.0493. The highest BCUT2D eigenvalue weighted by atomic mass is 35.5. The van der Waals surface area contributed by atoms with Crippen LogP contribution in [0.4, 0.5) is 11.5 Å². The van der Waals surface area contributed by atoms with Crippen LogP contribution in [0.5, 0.6) is 0 Å². The number of hydrogen-bond acceptors (Lipinski definition) is 5. The van der Waals surface area contributed by atoms with Crippen LogP contribution in [0.15, 0.2) is 18.9 Å². The van der Waals surface area contributed by atoms with Gasteiger partial charge in [0.05, 0.1) is 12.7 Å². The fourth-order valence-corrected chi connectivity index (χ4v) is 0.925. The summed E-state index contributed by atoms with van der Waals surface area (Å²) in [4.78, 5) is 7.35. The van der Waals surface area contributed by atoms with Gasteiger partial charge in [-0.3, -0.25) is 5.21 Å². The molecule has 1 rings (SSSR count). The third kappa shape index (κ3) is 2.30. The molecule has 0 amide bonds. The molecule has 3 N–H and O–H groups in total. The highest BCUT2D eigenvalue weighted by molar-refractivity contribution is 6.28. The molecule has 1 aromatic rings. The molecule has 1 heterocycles. The molecule has 6 heteroatoms. The van der Waals surface area contributed by atoms with Crippen LogP contribution in [0.2, 0.25) is 5.28 Å². The van der Waals surface area contributed by atoms with Crippen LogP contribution in [0.1, 0.15) is 0 Å². The molecule has 0 aromatic carbocycles. The Kier molecular flexibility index (Phi) is 3.05. The molecule has 0 unspecified atom stereocenters. The number of nitrogen functional groups attached to an aromatic ring is 1. The smallest absolute Gasteiger partial charge is 0.224 e. The van der Waals surface area contributed by atoms with E-state index >= 15 is 0 Å². The Labute approximate surface area is 80.4 Å². The van der Waals surface area contributed by atoms with Crippen molar-refractivity contribution in [3.05, 3.63) is 24.1 Å².